The van der Waals surface area contributed by atoms with Gasteiger partial charge in [-0.3, -0.25) is 0 Å². The van der Waals surface area contributed by atoms with Gasteiger partial charge < -0.3 is 19.9 Å². The summed E-state index contributed by atoms with van der Waals surface area (Å²) in [4.78, 5) is 11.2. The van der Waals surface area contributed by atoms with E-state index in [4.69, 9.17) is 43.1 Å². The molecule has 0 aromatic heterocycles. The molecule has 1 aromatic carbocycles. The third kappa shape index (κ3) is 5.65. The van der Waals surface area contributed by atoms with E-state index in [0.29, 0.717) is 22.0 Å². The SMILES string of the molecule is CCCC[C@@H](OC(N)=O)[C@H](OCOC)c1c(Cl)cccc1Cl. The van der Waals surface area contributed by atoms with E-state index in [0.717, 1.165) is 12.8 Å². The number of benzene rings is 1. The van der Waals surface area contributed by atoms with Crippen molar-refractivity contribution in [2.24, 2.45) is 5.73 Å². The number of carbonyl (C=O) groups excluding carboxylic acids is 1. The van der Waals surface area contributed by atoms with Gasteiger partial charge in [-0.25, -0.2) is 4.79 Å². The Morgan fingerprint density at radius 1 is 1.32 bits per heavy atom. The van der Waals surface area contributed by atoms with E-state index < -0.39 is 18.3 Å². The molecule has 0 radical (unpaired) electrons. The summed E-state index contributed by atoms with van der Waals surface area (Å²) in [5.41, 5.74) is 5.73. The van der Waals surface area contributed by atoms with Crippen molar-refractivity contribution in [1.29, 1.82) is 0 Å². The standard InChI is InChI=1S/C15H21Cl2NO4/c1-3-4-8-12(22-15(18)19)14(21-9-20-2)13-10(16)6-5-7-11(13)17/h5-7,12,14H,3-4,8-9H2,1-2H3,(H2,18,19)/t12-,14+/m1/s1. The second kappa shape index (κ2) is 9.90. The van der Waals surface area contributed by atoms with Crippen LogP contribution in [0.15, 0.2) is 18.2 Å². The molecule has 0 fully saturated rings. The Morgan fingerprint density at radius 2 is 1.95 bits per heavy atom. The quantitative estimate of drug-likeness (QED) is 0.674. The van der Waals surface area contributed by atoms with Gasteiger partial charge >= 0.3 is 6.09 Å². The minimum absolute atomic E-state index is 0.0109. The number of primary amides is 1. The van der Waals surface area contributed by atoms with Gasteiger partial charge in [-0.1, -0.05) is 42.6 Å². The summed E-state index contributed by atoms with van der Waals surface area (Å²) < 4.78 is 15.8. The van der Waals surface area contributed by atoms with E-state index in [1.165, 1.54) is 7.11 Å². The molecule has 0 bridgehead atoms. The predicted molar refractivity (Wildman–Crippen MR) is 86.1 cm³/mol. The highest BCUT2D eigenvalue weighted by molar-refractivity contribution is 6.36. The third-order valence-corrected chi connectivity index (χ3v) is 3.76. The van der Waals surface area contributed by atoms with E-state index in [9.17, 15) is 4.79 Å². The van der Waals surface area contributed by atoms with Crippen molar-refractivity contribution in [2.75, 3.05) is 13.9 Å². The minimum atomic E-state index is -0.865. The van der Waals surface area contributed by atoms with Crippen LogP contribution in [0.4, 0.5) is 4.79 Å². The molecule has 1 rings (SSSR count). The number of amides is 1. The fraction of sp³-hybridized carbons (Fsp3) is 0.533. The molecular formula is C15H21Cl2NO4. The van der Waals surface area contributed by atoms with Crippen molar-refractivity contribution < 1.29 is 19.0 Å². The molecule has 2 atom stereocenters. The van der Waals surface area contributed by atoms with Crippen LogP contribution in [-0.4, -0.2) is 26.1 Å². The first-order chi connectivity index (χ1) is 10.5. The van der Waals surface area contributed by atoms with Gasteiger partial charge in [0.15, 0.2) is 0 Å². The number of nitrogens with two attached hydrogens (primary N) is 1. The van der Waals surface area contributed by atoms with E-state index in [1.807, 2.05) is 6.92 Å². The molecule has 0 saturated heterocycles. The molecule has 0 unspecified atom stereocenters. The summed E-state index contributed by atoms with van der Waals surface area (Å²) >= 11 is 12.5. The highest BCUT2D eigenvalue weighted by Crippen LogP contribution is 2.36. The Kier molecular flexibility index (Phi) is 8.56. The van der Waals surface area contributed by atoms with E-state index >= 15 is 0 Å². The minimum Gasteiger partial charge on any atom is -0.443 e. The zero-order valence-corrected chi connectivity index (χ0v) is 14.2. The van der Waals surface area contributed by atoms with Gasteiger partial charge in [0.1, 0.15) is 19.0 Å². The van der Waals surface area contributed by atoms with Crippen LogP contribution in [0.1, 0.15) is 37.9 Å². The topological polar surface area (TPSA) is 70.8 Å². The highest BCUT2D eigenvalue weighted by Gasteiger charge is 2.30. The third-order valence-electron chi connectivity index (χ3n) is 3.10. The van der Waals surface area contributed by atoms with Crippen LogP contribution >= 0.6 is 23.2 Å². The van der Waals surface area contributed by atoms with Crippen LogP contribution in [0.5, 0.6) is 0 Å². The maximum absolute atomic E-state index is 11.2. The number of methoxy groups -OCH3 is 1. The molecule has 5 nitrogen and oxygen atoms in total. The smallest absolute Gasteiger partial charge is 0.404 e. The normalized spacial score (nSPS) is 13.6. The van der Waals surface area contributed by atoms with Crippen molar-refractivity contribution in [3.05, 3.63) is 33.8 Å². The van der Waals surface area contributed by atoms with Gasteiger partial charge in [0.25, 0.3) is 0 Å². The average Bonchev–Trinajstić information content (AvgIpc) is 2.46. The first-order valence-electron chi connectivity index (χ1n) is 7.01. The average molecular weight is 350 g/mol. The maximum Gasteiger partial charge on any atom is 0.404 e. The fourth-order valence-corrected chi connectivity index (χ4v) is 2.74. The van der Waals surface area contributed by atoms with Crippen molar-refractivity contribution >= 4 is 29.3 Å². The number of carbonyl (C=O) groups is 1. The maximum atomic E-state index is 11.2. The Morgan fingerprint density at radius 3 is 2.45 bits per heavy atom. The lowest BCUT2D eigenvalue weighted by molar-refractivity contribution is -0.117. The fourth-order valence-electron chi connectivity index (χ4n) is 2.13. The first-order valence-corrected chi connectivity index (χ1v) is 7.77. The lowest BCUT2D eigenvalue weighted by Crippen LogP contribution is -2.31. The highest BCUT2D eigenvalue weighted by atomic mass is 35.5. The van der Waals surface area contributed by atoms with E-state index in [1.54, 1.807) is 18.2 Å². The summed E-state index contributed by atoms with van der Waals surface area (Å²) in [6.07, 6.45) is 0.245. The number of hydrogen-bond donors (Lipinski definition) is 1. The molecule has 0 aliphatic heterocycles. The Labute approximate surface area is 140 Å². The Hall–Kier alpha value is -1.01. The van der Waals surface area contributed by atoms with Crippen LogP contribution in [0.25, 0.3) is 0 Å². The molecule has 7 heteroatoms. The first kappa shape index (κ1) is 19.0. The molecule has 1 aromatic rings. The van der Waals surface area contributed by atoms with Crippen molar-refractivity contribution in [1.82, 2.24) is 0 Å². The van der Waals surface area contributed by atoms with Crippen LogP contribution in [0.2, 0.25) is 10.0 Å². The number of hydrogen-bond acceptors (Lipinski definition) is 4. The molecular weight excluding hydrogens is 329 g/mol. The number of rotatable bonds is 9. The second-order valence-electron chi connectivity index (χ2n) is 4.75. The van der Waals surface area contributed by atoms with Crippen LogP contribution in [-0.2, 0) is 14.2 Å². The molecule has 22 heavy (non-hydrogen) atoms. The van der Waals surface area contributed by atoms with Crippen molar-refractivity contribution in [3.63, 3.8) is 0 Å². The monoisotopic (exact) mass is 349 g/mol. The van der Waals surface area contributed by atoms with E-state index in [-0.39, 0.29) is 6.79 Å². The number of halogens is 2. The number of ether oxygens (including phenoxy) is 3. The van der Waals surface area contributed by atoms with Gasteiger partial charge in [-0.2, -0.15) is 0 Å². The molecule has 2 N–H and O–H groups in total. The molecule has 0 saturated carbocycles. The van der Waals surface area contributed by atoms with Gasteiger partial charge in [-0.15, -0.1) is 0 Å². The summed E-state index contributed by atoms with van der Waals surface area (Å²) in [6, 6.07) is 5.14. The molecule has 1 amide bonds. The largest absolute Gasteiger partial charge is 0.443 e. The molecule has 0 aliphatic carbocycles. The van der Waals surface area contributed by atoms with Crippen LogP contribution in [0, 0.1) is 0 Å². The zero-order valence-electron chi connectivity index (χ0n) is 12.7. The Balaban J connectivity index is 3.13. The lowest BCUT2D eigenvalue weighted by Gasteiger charge is -2.28. The van der Waals surface area contributed by atoms with Crippen molar-refractivity contribution in [3.8, 4) is 0 Å². The van der Waals surface area contributed by atoms with Gasteiger partial charge in [-0.05, 0) is 25.0 Å². The van der Waals surface area contributed by atoms with Gasteiger partial charge in [0.05, 0.1) is 0 Å². The van der Waals surface area contributed by atoms with E-state index in [2.05, 4.69) is 0 Å². The predicted octanol–water partition coefficient (Wildman–Crippen LogP) is 4.31. The summed E-state index contributed by atoms with van der Waals surface area (Å²) in [5, 5.41) is 0.867. The molecule has 0 heterocycles. The van der Waals surface area contributed by atoms with Gasteiger partial charge in [0, 0.05) is 22.7 Å². The van der Waals surface area contributed by atoms with Crippen LogP contribution in [0.3, 0.4) is 0 Å². The lowest BCUT2D eigenvalue weighted by atomic mass is 9.99. The molecule has 0 aliphatic rings. The molecule has 0 spiro atoms. The van der Waals surface area contributed by atoms with Crippen LogP contribution < -0.4 is 5.73 Å². The summed E-state index contributed by atoms with van der Waals surface area (Å²) in [5.74, 6) is 0. The number of unbranched alkanes of at least 4 members (excludes halogenated alkanes) is 1. The van der Waals surface area contributed by atoms with Crippen molar-refractivity contribution in [2.45, 2.75) is 38.4 Å². The summed E-state index contributed by atoms with van der Waals surface area (Å²) in [6.45, 7) is 2.05. The zero-order chi connectivity index (χ0) is 16.5. The summed E-state index contributed by atoms with van der Waals surface area (Å²) in [7, 11) is 1.50. The Bertz CT molecular complexity index is 464. The molecule has 124 valence electrons. The van der Waals surface area contributed by atoms with Gasteiger partial charge in [0.2, 0.25) is 0 Å². The second-order valence-corrected chi connectivity index (χ2v) is 5.56.